The maximum absolute atomic E-state index is 13.6. The third kappa shape index (κ3) is 3.12. The number of hydrogen-bond acceptors (Lipinski definition) is 3. The van der Waals surface area contributed by atoms with E-state index < -0.39 is 0 Å². The third-order valence-electron chi connectivity index (χ3n) is 3.30. The van der Waals surface area contributed by atoms with Crippen molar-refractivity contribution >= 4 is 22.7 Å². The summed E-state index contributed by atoms with van der Waals surface area (Å²) in [7, 11) is 0. The van der Waals surface area contributed by atoms with Gasteiger partial charge in [-0.3, -0.25) is 0 Å². The smallest absolute Gasteiger partial charge is 0.169 e. The number of aryl methyl sites for hydroxylation is 1. The van der Waals surface area contributed by atoms with Crippen LogP contribution in [0.5, 0.6) is 0 Å². The fourth-order valence-electron chi connectivity index (χ4n) is 2.20. The summed E-state index contributed by atoms with van der Waals surface area (Å²) >= 11 is 1.67. The summed E-state index contributed by atoms with van der Waals surface area (Å²) in [5.74, 6) is 0.956. The molecule has 1 heterocycles. The summed E-state index contributed by atoms with van der Waals surface area (Å²) in [5, 5.41) is 0.751. The highest BCUT2D eigenvalue weighted by Gasteiger charge is 2.14. The van der Waals surface area contributed by atoms with E-state index in [1.165, 1.54) is 16.5 Å². The minimum Gasteiger partial charge on any atom is -0.456 e. The highest BCUT2D eigenvalue weighted by atomic mass is 32.2. The molecule has 1 atom stereocenters. The van der Waals surface area contributed by atoms with Gasteiger partial charge < -0.3 is 10.2 Å². The molecule has 1 unspecified atom stereocenters. The fourth-order valence-corrected chi connectivity index (χ4v) is 3.18. The normalized spacial score (nSPS) is 12.7. The molecule has 3 aromatic rings. The standard InChI is InChI=1S/C17H16FNOS/c1-11-4-2-6-13(8-11)21-10-15(19)16-9-12-5-3-7-14(18)17(12)20-16/h2-9,15H,10,19H2,1H3. The van der Waals surface area contributed by atoms with E-state index in [4.69, 9.17) is 10.2 Å². The number of para-hydroxylation sites is 1. The Morgan fingerprint density at radius 2 is 2.00 bits per heavy atom. The third-order valence-corrected chi connectivity index (χ3v) is 4.41. The average Bonchev–Trinajstić information content (AvgIpc) is 2.90. The number of halogens is 1. The molecule has 2 aromatic carbocycles. The van der Waals surface area contributed by atoms with Crippen molar-refractivity contribution in [1.82, 2.24) is 0 Å². The highest BCUT2D eigenvalue weighted by Crippen LogP contribution is 2.29. The van der Waals surface area contributed by atoms with Gasteiger partial charge in [0.15, 0.2) is 11.4 Å². The van der Waals surface area contributed by atoms with Crippen LogP contribution in [0.2, 0.25) is 0 Å². The molecule has 0 aliphatic rings. The lowest BCUT2D eigenvalue weighted by molar-refractivity contribution is 0.495. The second-order valence-corrected chi connectivity index (χ2v) is 6.13. The Hall–Kier alpha value is -1.78. The second-order valence-electron chi connectivity index (χ2n) is 5.04. The largest absolute Gasteiger partial charge is 0.456 e. The molecule has 0 aliphatic carbocycles. The summed E-state index contributed by atoms with van der Waals surface area (Å²) in [4.78, 5) is 1.17. The maximum atomic E-state index is 13.6. The number of benzene rings is 2. The van der Waals surface area contributed by atoms with Crippen LogP contribution in [0, 0.1) is 12.7 Å². The Labute approximate surface area is 127 Å². The van der Waals surface area contributed by atoms with Gasteiger partial charge in [-0.2, -0.15) is 0 Å². The van der Waals surface area contributed by atoms with Crippen LogP contribution in [0.15, 0.2) is 57.8 Å². The van der Waals surface area contributed by atoms with Gasteiger partial charge in [-0.1, -0.05) is 29.8 Å². The molecule has 4 heteroatoms. The molecule has 108 valence electrons. The van der Waals surface area contributed by atoms with Crippen molar-refractivity contribution in [1.29, 1.82) is 0 Å². The molecule has 21 heavy (non-hydrogen) atoms. The van der Waals surface area contributed by atoms with Crippen LogP contribution in [0.4, 0.5) is 4.39 Å². The van der Waals surface area contributed by atoms with Gasteiger partial charge in [0.1, 0.15) is 5.76 Å². The van der Waals surface area contributed by atoms with Crippen molar-refractivity contribution in [3.05, 3.63) is 65.7 Å². The van der Waals surface area contributed by atoms with Crippen LogP contribution in [-0.4, -0.2) is 5.75 Å². The molecule has 0 bridgehead atoms. The summed E-state index contributed by atoms with van der Waals surface area (Å²) < 4.78 is 19.2. The Morgan fingerprint density at radius 3 is 2.76 bits per heavy atom. The van der Waals surface area contributed by atoms with Gasteiger partial charge in [-0.25, -0.2) is 4.39 Å². The lowest BCUT2D eigenvalue weighted by atomic mass is 10.2. The maximum Gasteiger partial charge on any atom is 0.169 e. The van der Waals surface area contributed by atoms with E-state index in [9.17, 15) is 4.39 Å². The van der Waals surface area contributed by atoms with E-state index in [1.807, 2.05) is 18.2 Å². The van der Waals surface area contributed by atoms with E-state index >= 15 is 0 Å². The summed E-state index contributed by atoms with van der Waals surface area (Å²) in [6.45, 7) is 2.06. The van der Waals surface area contributed by atoms with Crippen molar-refractivity contribution in [2.75, 3.05) is 5.75 Å². The topological polar surface area (TPSA) is 39.2 Å². The molecule has 2 N–H and O–H groups in total. The van der Waals surface area contributed by atoms with Crippen LogP contribution in [0.1, 0.15) is 17.4 Å². The zero-order chi connectivity index (χ0) is 14.8. The minimum absolute atomic E-state index is 0.262. The first-order chi connectivity index (χ1) is 10.1. The van der Waals surface area contributed by atoms with Crippen LogP contribution < -0.4 is 5.73 Å². The molecular weight excluding hydrogens is 285 g/mol. The van der Waals surface area contributed by atoms with Crippen molar-refractivity contribution in [2.24, 2.45) is 5.73 Å². The van der Waals surface area contributed by atoms with Crippen LogP contribution >= 0.6 is 11.8 Å². The van der Waals surface area contributed by atoms with E-state index in [-0.39, 0.29) is 17.4 Å². The Morgan fingerprint density at radius 1 is 1.19 bits per heavy atom. The van der Waals surface area contributed by atoms with Gasteiger partial charge in [0.25, 0.3) is 0 Å². The molecule has 3 rings (SSSR count). The average molecular weight is 301 g/mol. The number of thioether (sulfide) groups is 1. The minimum atomic E-state index is -0.350. The van der Waals surface area contributed by atoms with Gasteiger partial charge in [0, 0.05) is 16.0 Å². The van der Waals surface area contributed by atoms with Crippen LogP contribution in [-0.2, 0) is 0 Å². The molecule has 0 aliphatic heterocycles. The Kier molecular flexibility index (Phi) is 3.99. The van der Waals surface area contributed by atoms with Gasteiger partial charge in [0.05, 0.1) is 6.04 Å². The highest BCUT2D eigenvalue weighted by molar-refractivity contribution is 7.99. The summed E-state index contributed by atoms with van der Waals surface area (Å²) in [5.41, 5.74) is 7.66. The molecule has 0 fully saturated rings. The van der Waals surface area contributed by atoms with E-state index in [0.29, 0.717) is 11.5 Å². The zero-order valence-electron chi connectivity index (χ0n) is 11.7. The van der Waals surface area contributed by atoms with Gasteiger partial charge in [-0.05, 0) is 31.2 Å². The monoisotopic (exact) mass is 301 g/mol. The molecule has 0 spiro atoms. The lowest BCUT2D eigenvalue weighted by Gasteiger charge is -2.08. The predicted molar refractivity (Wildman–Crippen MR) is 85.0 cm³/mol. The Bertz CT molecular complexity index is 768. The molecular formula is C17H16FNOS. The first-order valence-electron chi connectivity index (χ1n) is 6.76. The molecule has 0 saturated heterocycles. The predicted octanol–water partition coefficient (Wildman–Crippen LogP) is 4.67. The van der Waals surface area contributed by atoms with Crippen molar-refractivity contribution < 1.29 is 8.81 Å². The molecule has 0 radical (unpaired) electrons. The number of furan rings is 1. The zero-order valence-corrected chi connectivity index (χ0v) is 12.5. The first kappa shape index (κ1) is 14.2. The van der Waals surface area contributed by atoms with E-state index in [1.54, 1.807) is 17.8 Å². The van der Waals surface area contributed by atoms with Gasteiger partial charge >= 0.3 is 0 Å². The first-order valence-corrected chi connectivity index (χ1v) is 7.75. The fraction of sp³-hybridized carbons (Fsp3) is 0.176. The number of fused-ring (bicyclic) bond motifs is 1. The van der Waals surface area contributed by atoms with Gasteiger partial charge in [-0.15, -0.1) is 11.8 Å². The SMILES string of the molecule is Cc1cccc(SCC(N)c2cc3cccc(F)c3o2)c1. The van der Waals surface area contributed by atoms with Gasteiger partial charge in [0.2, 0.25) is 0 Å². The second kappa shape index (κ2) is 5.92. The molecule has 2 nitrogen and oxygen atoms in total. The molecule has 1 aromatic heterocycles. The van der Waals surface area contributed by atoms with Crippen molar-refractivity contribution in [2.45, 2.75) is 17.9 Å². The van der Waals surface area contributed by atoms with Crippen LogP contribution in [0.25, 0.3) is 11.0 Å². The number of rotatable bonds is 4. The summed E-state index contributed by atoms with van der Waals surface area (Å²) in [6, 6.07) is 14.7. The quantitative estimate of drug-likeness (QED) is 0.712. The molecule has 0 amide bonds. The Balaban J connectivity index is 1.75. The van der Waals surface area contributed by atoms with E-state index in [2.05, 4.69) is 25.1 Å². The summed E-state index contributed by atoms with van der Waals surface area (Å²) in [6.07, 6.45) is 0. The number of hydrogen-bond donors (Lipinski definition) is 1. The molecule has 0 saturated carbocycles. The van der Waals surface area contributed by atoms with Crippen molar-refractivity contribution in [3.63, 3.8) is 0 Å². The van der Waals surface area contributed by atoms with E-state index in [0.717, 1.165) is 5.39 Å². The van der Waals surface area contributed by atoms with Crippen molar-refractivity contribution in [3.8, 4) is 0 Å². The van der Waals surface area contributed by atoms with Crippen LogP contribution in [0.3, 0.4) is 0 Å². The number of nitrogens with two attached hydrogens (primary N) is 1. The lowest BCUT2D eigenvalue weighted by Crippen LogP contribution is -2.11.